The summed E-state index contributed by atoms with van der Waals surface area (Å²) in [4.78, 5) is 7.63. The molecule has 0 amide bonds. The summed E-state index contributed by atoms with van der Waals surface area (Å²) in [6.45, 7) is 1.55. The van der Waals surface area contributed by atoms with E-state index in [0.717, 1.165) is 32.2 Å². The van der Waals surface area contributed by atoms with Crippen LogP contribution in [0.25, 0.3) is 0 Å². The van der Waals surface area contributed by atoms with Gasteiger partial charge in [0.1, 0.15) is 6.61 Å². The van der Waals surface area contributed by atoms with Gasteiger partial charge in [-0.2, -0.15) is 0 Å². The molecule has 1 aliphatic rings. The highest BCUT2D eigenvalue weighted by Gasteiger charge is 2.16. The Kier molecular flexibility index (Phi) is 6.48. The fourth-order valence-electron chi connectivity index (χ4n) is 2.48. The second kappa shape index (κ2) is 8.63. The van der Waals surface area contributed by atoms with Crippen molar-refractivity contribution in [2.75, 3.05) is 27.2 Å². The molecule has 0 N–H and O–H groups in total. The van der Waals surface area contributed by atoms with Crippen molar-refractivity contribution in [3.8, 4) is 0 Å². The third-order valence-electron chi connectivity index (χ3n) is 3.71. The SMILES string of the molecule is CN(C)CCO/N=C1\CCCC=CC1Cc1ccccc1. The normalized spacial score (nSPS) is 20.7. The predicted octanol–water partition coefficient (Wildman–Crippen LogP) is 3.52. The van der Waals surface area contributed by atoms with Gasteiger partial charge in [0.15, 0.2) is 0 Å². The minimum atomic E-state index is 0.370. The van der Waals surface area contributed by atoms with Gasteiger partial charge >= 0.3 is 0 Å². The first-order chi connectivity index (χ1) is 10.3. The number of benzene rings is 1. The minimum Gasteiger partial charge on any atom is -0.394 e. The Morgan fingerprint density at radius 1 is 1.24 bits per heavy atom. The molecule has 0 aliphatic heterocycles. The molecule has 1 unspecified atom stereocenters. The Bertz CT molecular complexity index is 465. The minimum absolute atomic E-state index is 0.370. The highest BCUT2D eigenvalue weighted by molar-refractivity contribution is 5.88. The molecule has 1 aromatic rings. The van der Waals surface area contributed by atoms with E-state index in [0.29, 0.717) is 12.5 Å². The van der Waals surface area contributed by atoms with Gasteiger partial charge in [0.25, 0.3) is 0 Å². The lowest BCUT2D eigenvalue weighted by Gasteiger charge is -2.15. The van der Waals surface area contributed by atoms with E-state index in [1.54, 1.807) is 0 Å². The lowest BCUT2D eigenvalue weighted by molar-refractivity contribution is 0.124. The standard InChI is InChI=1S/C18H26N2O/c1-20(2)13-14-21-19-18-12-8-4-7-11-17(18)15-16-9-5-3-6-10-16/h3,5-7,9-11,17H,4,8,12-15H2,1-2H3/b19-18+. The average Bonchev–Trinajstić information content (AvgIpc) is 2.70. The predicted molar refractivity (Wildman–Crippen MR) is 88.6 cm³/mol. The summed E-state index contributed by atoms with van der Waals surface area (Å²) in [6.07, 6.45) is 8.93. The van der Waals surface area contributed by atoms with Crippen LogP contribution in [0.1, 0.15) is 24.8 Å². The first-order valence-corrected chi connectivity index (χ1v) is 7.80. The third-order valence-corrected chi connectivity index (χ3v) is 3.71. The molecular weight excluding hydrogens is 260 g/mol. The van der Waals surface area contributed by atoms with E-state index >= 15 is 0 Å². The highest BCUT2D eigenvalue weighted by atomic mass is 16.6. The Morgan fingerprint density at radius 3 is 2.81 bits per heavy atom. The fraction of sp³-hybridized carbons (Fsp3) is 0.500. The summed E-state index contributed by atoms with van der Waals surface area (Å²) >= 11 is 0. The first-order valence-electron chi connectivity index (χ1n) is 7.80. The number of nitrogens with zero attached hydrogens (tertiary/aromatic N) is 2. The number of oxime groups is 1. The number of rotatable bonds is 6. The first kappa shape index (κ1) is 15.8. The topological polar surface area (TPSA) is 24.8 Å². The highest BCUT2D eigenvalue weighted by Crippen LogP contribution is 2.20. The van der Waals surface area contributed by atoms with E-state index in [1.165, 1.54) is 11.3 Å². The number of hydrogen-bond acceptors (Lipinski definition) is 3. The summed E-state index contributed by atoms with van der Waals surface area (Å²) in [6, 6.07) is 10.6. The van der Waals surface area contributed by atoms with Crippen LogP contribution in [-0.2, 0) is 11.3 Å². The number of likely N-dealkylation sites (N-methyl/N-ethyl adjacent to an activating group) is 1. The van der Waals surface area contributed by atoms with E-state index in [2.05, 4.69) is 52.5 Å². The molecule has 21 heavy (non-hydrogen) atoms. The number of hydrogen-bond donors (Lipinski definition) is 0. The maximum atomic E-state index is 5.52. The zero-order valence-electron chi connectivity index (χ0n) is 13.2. The number of allylic oxidation sites excluding steroid dienone is 2. The zero-order valence-corrected chi connectivity index (χ0v) is 13.2. The summed E-state index contributed by atoms with van der Waals surface area (Å²) in [5, 5.41) is 4.43. The molecule has 0 fully saturated rings. The maximum Gasteiger partial charge on any atom is 0.129 e. The second-order valence-electron chi connectivity index (χ2n) is 5.84. The van der Waals surface area contributed by atoms with Crippen molar-refractivity contribution in [1.29, 1.82) is 0 Å². The average molecular weight is 286 g/mol. The Hall–Kier alpha value is -1.61. The van der Waals surface area contributed by atoms with Gasteiger partial charge in [-0.3, -0.25) is 0 Å². The van der Waals surface area contributed by atoms with Gasteiger partial charge in [0.2, 0.25) is 0 Å². The molecule has 0 heterocycles. The molecule has 1 aromatic carbocycles. The van der Waals surface area contributed by atoms with Gasteiger partial charge < -0.3 is 9.74 Å². The summed E-state index contributed by atoms with van der Waals surface area (Å²) in [5.74, 6) is 0.370. The van der Waals surface area contributed by atoms with Crippen molar-refractivity contribution in [3.63, 3.8) is 0 Å². The van der Waals surface area contributed by atoms with Gasteiger partial charge in [0, 0.05) is 12.5 Å². The van der Waals surface area contributed by atoms with E-state index < -0.39 is 0 Å². The van der Waals surface area contributed by atoms with Gasteiger partial charge in [-0.05, 0) is 45.3 Å². The Morgan fingerprint density at radius 2 is 2.05 bits per heavy atom. The lowest BCUT2D eigenvalue weighted by Crippen LogP contribution is -2.19. The van der Waals surface area contributed by atoms with E-state index in [9.17, 15) is 0 Å². The molecule has 0 aromatic heterocycles. The Labute approximate surface area is 128 Å². The van der Waals surface area contributed by atoms with Crippen molar-refractivity contribution in [2.24, 2.45) is 11.1 Å². The van der Waals surface area contributed by atoms with Crippen LogP contribution in [0.5, 0.6) is 0 Å². The third kappa shape index (κ3) is 5.72. The van der Waals surface area contributed by atoms with Gasteiger partial charge in [-0.25, -0.2) is 0 Å². The maximum absolute atomic E-state index is 5.52. The van der Waals surface area contributed by atoms with Crippen LogP contribution in [0.4, 0.5) is 0 Å². The van der Waals surface area contributed by atoms with Crippen LogP contribution in [0, 0.1) is 5.92 Å². The van der Waals surface area contributed by atoms with Crippen LogP contribution in [0.3, 0.4) is 0 Å². The largest absolute Gasteiger partial charge is 0.394 e. The van der Waals surface area contributed by atoms with Gasteiger partial charge in [-0.15, -0.1) is 0 Å². The van der Waals surface area contributed by atoms with E-state index in [4.69, 9.17) is 4.84 Å². The molecule has 3 nitrogen and oxygen atoms in total. The van der Waals surface area contributed by atoms with E-state index in [-0.39, 0.29) is 0 Å². The van der Waals surface area contributed by atoms with Crippen LogP contribution in [-0.4, -0.2) is 37.9 Å². The molecule has 0 bridgehead atoms. The van der Waals surface area contributed by atoms with Crippen molar-refractivity contribution in [3.05, 3.63) is 48.0 Å². The molecule has 0 spiro atoms. The fourth-order valence-corrected chi connectivity index (χ4v) is 2.48. The quantitative estimate of drug-likeness (QED) is 0.454. The van der Waals surface area contributed by atoms with Gasteiger partial charge in [0.05, 0.1) is 5.71 Å². The molecular formula is C18H26N2O. The van der Waals surface area contributed by atoms with Gasteiger partial charge in [-0.1, -0.05) is 47.6 Å². The Balaban J connectivity index is 1.98. The van der Waals surface area contributed by atoms with Crippen LogP contribution >= 0.6 is 0 Å². The molecule has 114 valence electrons. The molecule has 3 heteroatoms. The van der Waals surface area contributed by atoms with Crippen molar-refractivity contribution < 1.29 is 4.84 Å². The summed E-state index contributed by atoms with van der Waals surface area (Å²) in [5.41, 5.74) is 2.54. The zero-order chi connectivity index (χ0) is 14.9. The molecule has 1 atom stereocenters. The smallest absolute Gasteiger partial charge is 0.129 e. The van der Waals surface area contributed by atoms with Crippen LogP contribution < -0.4 is 0 Å². The molecule has 0 saturated carbocycles. The lowest BCUT2D eigenvalue weighted by atomic mass is 9.93. The van der Waals surface area contributed by atoms with E-state index in [1.807, 2.05) is 14.1 Å². The molecule has 1 aliphatic carbocycles. The van der Waals surface area contributed by atoms with Crippen LogP contribution in [0.2, 0.25) is 0 Å². The van der Waals surface area contributed by atoms with Crippen molar-refractivity contribution >= 4 is 5.71 Å². The van der Waals surface area contributed by atoms with Crippen LogP contribution in [0.15, 0.2) is 47.6 Å². The monoisotopic (exact) mass is 286 g/mol. The summed E-state index contributed by atoms with van der Waals surface area (Å²) < 4.78 is 0. The van der Waals surface area contributed by atoms with Crippen molar-refractivity contribution in [1.82, 2.24) is 4.90 Å². The summed E-state index contributed by atoms with van der Waals surface area (Å²) in [7, 11) is 4.09. The molecule has 0 radical (unpaired) electrons. The van der Waals surface area contributed by atoms with Crippen molar-refractivity contribution in [2.45, 2.75) is 25.7 Å². The molecule has 2 rings (SSSR count). The molecule has 0 saturated heterocycles. The second-order valence-corrected chi connectivity index (χ2v) is 5.84.